The van der Waals surface area contributed by atoms with Gasteiger partial charge in [-0.2, -0.15) is 0 Å². The minimum absolute atomic E-state index is 0.0281. The molecule has 2 aromatic rings. The third-order valence-corrected chi connectivity index (χ3v) is 8.41. The van der Waals surface area contributed by atoms with Crippen LogP contribution in [0, 0.1) is 13.8 Å². The van der Waals surface area contributed by atoms with E-state index in [-0.39, 0.29) is 9.79 Å². The Morgan fingerprint density at radius 2 is 0.957 bits per heavy atom. The van der Waals surface area contributed by atoms with E-state index < -0.39 is 36.8 Å². The topological polar surface area (TPSA) is 93.0 Å². The number of rotatable bonds is 4. The maximum atomic E-state index is 12.0. The fourth-order valence-corrected chi connectivity index (χ4v) is 5.68. The van der Waals surface area contributed by atoms with Crippen molar-refractivity contribution < 1.29 is 33.6 Å². The van der Waals surface area contributed by atoms with E-state index in [2.05, 4.69) is 6.18 Å². The molecule has 0 aliphatic rings. The average molecular weight is 439 g/mol. The Morgan fingerprint density at radius 1 is 0.652 bits per heavy atom. The van der Waals surface area contributed by atoms with Crippen molar-refractivity contribution in [2.75, 3.05) is 0 Å². The summed E-state index contributed by atoms with van der Waals surface area (Å²) in [7, 11) is -7.76. The van der Waals surface area contributed by atoms with Gasteiger partial charge in [-0.05, 0) is 0 Å². The van der Waals surface area contributed by atoms with E-state index in [0.29, 0.717) is 0 Å². The first-order valence-electron chi connectivity index (χ1n) is 6.40. The van der Waals surface area contributed by atoms with Gasteiger partial charge in [-0.1, -0.05) is 0 Å². The van der Waals surface area contributed by atoms with E-state index in [1.165, 1.54) is 24.3 Å². The fraction of sp³-hybridized carbons (Fsp3) is 0.143. The summed E-state index contributed by atoms with van der Waals surface area (Å²) in [6.45, 7) is 3.67. The first kappa shape index (κ1) is 17.9. The summed E-state index contributed by atoms with van der Waals surface area (Å²) in [6.07, 6.45) is 0. The number of sulfonamides is 2. The van der Waals surface area contributed by atoms with E-state index in [9.17, 15) is 16.8 Å². The predicted molar refractivity (Wildman–Crippen MR) is 81.6 cm³/mol. The zero-order chi connectivity index (χ0) is 17.1. The monoisotopic (exact) mass is 440 g/mol. The summed E-state index contributed by atoms with van der Waals surface area (Å²) in [5.41, 5.74) is 1.84. The molecular formula is C14H14N2O4RuS2. The molecular weight excluding hydrogens is 425 g/mol. The van der Waals surface area contributed by atoms with Crippen molar-refractivity contribution in [2.45, 2.75) is 23.6 Å². The Labute approximate surface area is 142 Å². The van der Waals surface area contributed by atoms with Gasteiger partial charge < -0.3 is 0 Å². The zero-order valence-electron chi connectivity index (χ0n) is 12.3. The van der Waals surface area contributed by atoms with Crippen LogP contribution in [0.15, 0.2) is 64.5 Å². The molecule has 0 heterocycles. The van der Waals surface area contributed by atoms with Crippen LogP contribution in [-0.2, 0) is 36.8 Å². The summed E-state index contributed by atoms with van der Waals surface area (Å²) in [5, 5.41) is 0. The fourth-order valence-electron chi connectivity index (χ4n) is 1.58. The van der Waals surface area contributed by atoms with Gasteiger partial charge >= 0.3 is 143 Å². The van der Waals surface area contributed by atoms with E-state index in [1.54, 1.807) is 24.3 Å². The van der Waals surface area contributed by atoms with Crippen molar-refractivity contribution in [2.24, 2.45) is 6.18 Å². The first-order chi connectivity index (χ1) is 10.7. The van der Waals surface area contributed by atoms with Crippen molar-refractivity contribution in [3.8, 4) is 0 Å². The van der Waals surface area contributed by atoms with Gasteiger partial charge in [-0.15, -0.1) is 0 Å². The molecule has 0 aromatic heterocycles. The predicted octanol–water partition coefficient (Wildman–Crippen LogP) is 2.83. The molecule has 0 atom stereocenters. The van der Waals surface area contributed by atoms with Crippen LogP contribution in [0.2, 0.25) is 0 Å². The Balaban J connectivity index is 2.32. The number of benzene rings is 2. The van der Waals surface area contributed by atoms with Gasteiger partial charge in [0.2, 0.25) is 0 Å². The first-order valence-corrected chi connectivity index (χ1v) is 10.8. The Morgan fingerprint density at radius 3 is 1.26 bits per heavy atom. The van der Waals surface area contributed by atoms with Crippen molar-refractivity contribution in [3.63, 3.8) is 0 Å². The molecule has 0 bridgehead atoms. The van der Waals surface area contributed by atoms with Crippen molar-refractivity contribution in [1.82, 2.24) is 0 Å². The molecule has 0 saturated heterocycles. The van der Waals surface area contributed by atoms with Gasteiger partial charge in [0.25, 0.3) is 0 Å². The molecule has 0 N–H and O–H groups in total. The molecule has 2 aromatic carbocycles. The van der Waals surface area contributed by atoms with Crippen LogP contribution >= 0.6 is 0 Å². The molecule has 2 rings (SSSR count). The molecule has 0 aliphatic carbocycles. The normalized spacial score (nSPS) is 11.9. The molecule has 0 aliphatic heterocycles. The van der Waals surface area contributed by atoms with Gasteiger partial charge in [0, 0.05) is 0 Å². The molecule has 0 radical (unpaired) electrons. The minimum atomic E-state index is -3.88. The molecule has 6 nitrogen and oxygen atoms in total. The second-order valence-electron chi connectivity index (χ2n) is 4.78. The van der Waals surface area contributed by atoms with Crippen molar-refractivity contribution in [1.29, 1.82) is 0 Å². The van der Waals surface area contributed by atoms with Crippen LogP contribution in [0.25, 0.3) is 0 Å². The molecule has 0 spiro atoms. The Kier molecular flexibility index (Phi) is 5.44. The molecule has 0 unspecified atom stereocenters. The van der Waals surface area contributed by atoms with E-state index in [0.717, 1.165) is 11.1 Å². The van der Waals surface area contributed by atoms with Gasteiger partial charge in [0.1, 0.15) is 0 Å². The number of nitrogens with zero attached hydrogens (tertiary/aromatic N) is 2. The summed E-state index contributed by atoms with van der Waals surface area (Å²) in [6, 6.07) is 12.3. The molecule has 0 amide bonds. The van der Waals surface area contributed by atoms with Crippen LogP contribution in [0.1, 0.15) is 11.1 Å². The van der Waals surface area contributed by atoms with Crippen LogP contribution < -0.4 is 0 Å². The summed E-state index contributed by atoms with van der Waals surface area (Å²) in [5.74, 6) is 0. The third-order valence-electron chi connectivity index (χ3n) is 2.87. The molecule has 9 heteroatoms. The van der Waals surface area contributed by atoms with Crippen molar-refractivity contribution >= 4 is 20.0 Å². The van der Waals surface area contributed by atoms with Crippen LogP contribution in [0.4, 0.5) is 0 Å². The molecule has 0 saturated carbocycles. The molecule has 23 heavy (non-hydrogen) atoms. The van der Waals surface area contributed by atoms with E-state index in [1.807, 2.05) is 13.8 Å². The molecule has 0 fully saturated rings. The molecule has 124 valence electrons. The second kappa shape index (κ2) is 6.99. The van der Waals surface area contributed by atoms with Crippen LogP contribution in [-0.4, -0.2) is 16.8 Å². The number of aryl methyl sites for hydroxylation is 2. The third kappa shape index (κ3) is 4.76. The summed E-state index contributed by atoms with van der Waals surface area (Å²) in [4.78, 5) is 0.0562. The van der Waals surface area contributed by atoms with E-state index >= 15 is 0 Å². The van der Waals surface area contributed by atoms with E-state index in [4.69, 9.17) is 0 Å². The summed E-state index contributed by atoms with van der Waals surface area (Å²) < 4.78 is 55.0. The van der Waals surface area contributed by atoms with Gasteiger partial charge in [-0.3, -0.25) is 0 Å². The van der Waals surface area contributed by atoms with Crippen LogP contribution in [0.3, 0.4) is 0 Å². The average Bonchev–Trinajstić information content (AvgIpc) is 2.47. The number of hydrogen-bond acceptors (Lipinski definition) is 4. The summed E-state index contributed by atoms with van der Waals surface area (Å²) >= 11 is -1.55. The van der Waals surface area contributed by atoms with Gasteiger partial charge in [0.15, 0.2) is 0 Å². The Hall–Kier alpha value is -1.44. The Bertz CT molecular complexity index is 895. The SMILES string of the molecule is Cc1ccc(S(=O)(=O)[N]=[Ru]=[N]S(=O)(=O)c2ccc(C)cc2)cc1. The van der Waals surface area contributed by atoms with Gasteiger partial charge in [-0.25, -0.2) is 0 Å². The standard InChI is InChI=1S/2C7H7NO2S.Ru/c2*1-6-2-4-7(5-3-6)11(8,9)10;/h2*2-5H,1H3;. The van der Waals surface area contributed by atoms with Crippen molar-refractivity contribution in [3.05, 3.63) is 59.7 Å². The van der Waals surface area contributed by atoms with Crippen LogP contribution in [0.5, 0.6) is 0 Å². The quantitative estimate of drug-likeness (QED) is 0.685. The second-order valence-corrected chi connectivity index (χ2v) is 10.1. The maximum absolute atomic E-state index is 12.0. The zero-order valence-corrected chi connectivity index (χ0v) is 15.7. The number of hydrogen-bond donors (Lipinski definition) is 0. The van der Waals surface area contributed by atoms with Gasteiger partial charge in [0.05, 0.1) is 0 Å².